The van der Waals surface area contributed by atoms with Crippen LogP contribution in [0.1, 0.15) is 12.8 Å². The van der Waals surface area contributed by atoms with Crippen molar-refractivity contribution < 1.29 is 22.5 Å². The van der Waals surface area contributed by atoms with Crippen molar-refractivity contribution in [3.63, 3.8) is 0 Å². The molecule has 1 heterocycles. The van der Waals surface area contributed by atoms with Gasteiger partial charge in [0.2, 0.25) is 0 Å². The van der Waals surface area contributed by atoms with Crippen molar-refractivity contribution in [3.05, 3.63) is 0 Å². The maximum Gasteiger partial charge on any atom is 3.00 e. The SMILES string of the molecule is O=S1(=O)CCCC1.[Al+3].[F-].[F-].[F-]. The minimum absolute atomic E-state index is 0. The Balaban J connectivity index is -0.0000000612. The first-order valence-corrected chi connectivity index (χ1v) is 4.23. The van der Waals surface area contributed by atoms with Gasteiger partial charge in [0.15, 0.2) is 0 Å². The normalized spacial score (nSPS) is 17.8. The Hall–Kier alpha value is 0.272. The summed E-state index contributed by atoms with van der Waals surface area (Å²) in [5, 5.41) is 0. The van der Waals surface area contributed by atoms with Crippen LogP contribution in [0.15, 0.2) is 0 Å². The van der Waals surface area contributed by atoms with E-state index in [1.54, 1.807) is 0 Å². The third-order valence-electron chi connectivity index (χ3n) is 1.16. The molecule has 0 aliphatic carbocycles. The van der Waals surface area contributed by atoms with Crippen LogP contribution in [0.5, 0.6) is 0 Å². The van der Waals surface area contributed by atoms with Crippen LogP contribution in [-0.4, -0.2) is 37.3 Å². The van der Waals surface area contributed by atoms with Crippen molar-refractivity contribution in [1.29, 1.82) is 0 Å². The van der Waals surface area contributed by atoms with Crippen molar-refractivity contribution in [2.75, 3.05) is 11.5 Å². The summed E-state index contributed by atoms with van der Waals surface area (Å²) in [7, 11) is -2.55. The maximum absolute atomic E-state index is 10.4. The van der Waals surface area contributed by atoms with E-state index in [1.807, 2.05) is 0 Å². The quantitative estimate of drug-likeness (QED) is 0.367. The second-order valence-corrected chi connectivity index (χ2v) is 4.16. The predicted molar refractivity (Wildman–Crippen MR) is 33.6 cm³/mol. The number of halogens is 3. The smallest absolute Gasteiger partial charge is 1.00 e. The molecule has 0 radical (unpaired) electrons. The van der Waals surface area contributed by atoms with Gasteiger partial charge in [0, 0.05) is 0 Å². The minimum Gasteiger partial charge on any atom is -1.00 e. The van der Waals surface area contributed by atoms with Gasteiger partial charge in [0.25, 0.3) is 0 Å². The summed E-state index contributed by atoms with van der Waals surface area (Å²) in [6, 6.07) is 0. The van der Waals surface area contributed by atoms with E-state index < -0.39 is 9.84 Å². The fourth-order valence-corrected chi connectivity index (χ4v) is 2.24. The summed E-state index contributed by atoms with van der Waals surface area (Å²) >= 11 is 0. The molecule has 0 amide bonds. The molecule has 0 aromatic carbocycles. The van der Waals surface area contributed by atoms with Gasteiger partial charge in [-0.05, 0) is 12.8 Å². The summed E-state index contributed by atoms with van der Waals surface area (Å²) in [5.74, 6) is 0.847. The summed E-state index contributed by atoms with van der Waals surface area (Å²) in [6.45, 7) is 0. The Morgan fingerprint density at radius 2 is 1.09 bits per heavy atom. The second kappa shape index (κ2) is 8.37. The van der Waals surface area contributed by atoms with Crippen molar-refractivity contribution in [2.45, 2.75) is 12.8 Å². The topological polar surface area (TPSA) is 34.1 Å². The van der Waals surface area contributed by atoms with Gasteiger partial charge in [0.05, 0.1) is 11.5 Å². The summed E-state index contributed by atoms with van der Waals surface area (Å²) in [6.07, 6.45) is 1.75. The van der Waals surface area contributed by atoms with Gasteiger partial charge in [-0.15, -0.1) is 0 Å². The Kier molecular flexibility index (Phi) is 17.1. The van der Waals surface area contributed by atoms with Crippen molar-refractivity contribution in [1.82, 2.24) is 0 Å². The average molecular weight is 204 g/mol. The molecular weight excluding hydrogens is 196 g/mol. The van der Waals surface area contributed by atoms with Crippen LogP contribution in [0.2, 0.25) is 0 Å². The van der Waals surface area contributed by atoms with E-state index in [-0.39, 0.29) is 31.5 Å². The second-order valence-electron chi connectivity index (χ2n) is 1.86. The Morgan fingerprint density at radius 3 is 1.18 bits per heavy atom. The Bertz CT molecular complexity index is 147. The minimum atomic E-state index is -2.55. The van der Waals surface area contributed by atoms with E-state index in [1.165, 1.54) is 0 Å². The van der Waals surface area contributed by atoms with Crippen LogP contribution >= 0.6 is 0 Å². The molecule has 1 aliphatic rings. The van der Waals surface area contributed by atoms with E-state index in [0.717, 1.165) is 12.8 Å². The zero-order valence-electron chi connectivity index (χ0n) is 5.76. The standard InChI is InChI=1S/C4H8O2S.Al.3FH/c5-7(6)3-1-2-4-7;;;;/h1-4H2;;3*1H/q;+3;;;/p-3. The maximum atomic E-state index is 10.4. The molecule has 7 heteroatoms. The van der Waals surface area contributed by atoms with E-state index in [2.05, 4.69) is 0 Å². The largest absolute Gasteiger partial charge is 3.00 e. The fourth-order valence-electron chi connectivity index (χ4n) is 0.746. The van der Waals surface area contributed by atoms with E-state index in [9.17, 15) is 8.42 Å². The Morgan fingerprint density at radius 1 is 0.818 bits per heavy atom. The van der Waals surface area contributed by atoms with Crippen LogP contribution in [0.3, 0.4) is 0 Å². The summed E-state index contributed by atoms with van der Waals surface area (Å²) in [5.41, 5.74) is 0. The van der Waals surface area contributed by atoms with Crippen LogP contribution in [0.25, 0.3) is 0 Å². The predicted octanol–water partition coefficient (Wildman–Crippen LogP) is -9.17. The van der Waals surface area contributed by atoms with E-state index >= 15 is 0 Å². The molecule has 1 saturated heterocycles. The molecule has 0 saturated carbocycles. The van der Waals surface area contributed by atoms with Crippen LogP contribution in [-0.2, 0) is 9.84 Å². The zero-order valence-corrected chi connectivity index (χ0v) is 7.74. The van der Waals surface area contributed by atoms with E-state index in [0.29, 0.717) is 11.5 Å². The van der Waals surface area contributed by atoms with Gasteiger partial charge in [-0.3, -0.25) is 0 Å². The molecule has 0 N–H and O–H groups in total. The molecule has 2 nitrogen and oxygen atoms in total. The number of sulfone groups is 1. The van der Waals surface area contributed by atoms with Crippen molar-refractivity contribution in [3.8, 4) is 0 Å². The van der Waals surface area contributed by atoms with Gasteiger partial charge >= 0.3 is 17.4 Å². The van der Waals surface area contributed by atoms with Crippen LogP contribution in [0, 0.1) is 0 Å². The third kappa shape index (κ3) is 8.18. The van der Waals surface area contributed by atoms with Crippen molar-refractivity contribution in [2.24, 2.45) is 0 Å². The molecule has 0 bridgehead atoms. The van der Waals surface area contributed by atoms with Gasteiger partial charge in [-0.2, -0.15) is 0 Å². The van der Waals surface area contributed by atoms with Crippen LogP contribution < -0.4 is 14.1 Å². The van der Waals surface area contributed by atoms with Gasteiger partial charge < -0.3 is 14.1 Å². The zero-order chi connectivity index (χ0) is 5.33. The molecule has 1 rings (SSSR count). The van der Waals surface area contributed by atoms with E-state index in [4.69, 9.17) is 0 Å². The average Bonchev–Trinajstić information content (AvgIpc) is 1.84. The van der Waals surface area contributed by atoms with Gasteiger partial charge in [-0.1, -0.05) is 0 Å². The molecule has 0 aromatic rings. The molecular formula is C4H8AlF3O2S. The number of hydrogen-bond acceptors (Lipinski definition) is 2. The first kappa shape index (κ1) is 22.5. The molecule has 66 valence electrons. The molecule has 0 atom stereocenters. The Labute approximate surface area is 74.5 Å². The van der Waals surface area contributed by atoms with Gasteiger partial charge in [-0.25, -0.2) is 8.42 Å². The molecule has 1 fully saturated rings. The monoisotopic (exact) mass is 204 g/mol. The first-order valence-electron chi connectivity index (χ1n) is 2.41. The molecule has 0 spiro atoms. The third-order valence-corrected chi connectivity index (χ3v) is 2.98. The summed E-state index contributed by atoms with van der Waals surface area (Å²) < 4.78 is 20.9. The molecule has 1 aliphatic heterocycles. The van der Waals surface area contributed by atoms with Crippen LogP contribution in [0.4, 0.5) is 0 Å². The van der Waals surface area contributed by atoms with Crippen molar-refractivity contribution >= 4 is 27.2 Å². The number of hydrogen-bond donors (Lipinski definition) is 0. The molecule has 0 unspecified atom stereocenters. The fraction of sp³-hybridized carbons (Fsp3) is 1.00. The number of rotatable bonds is 0. The molecule has 0 aromatic heterocycles. The van der Waals surface area contributed by atoms with Gasteiger partial charge in [0.1, 0.15) is 9.84 Å². The first-order chi connectivity index (χ1) is 3.21. The summed E-state index contributed by atoms with van der Waals surface area (Å²) in [4.78, 5) is 0. The molecule has 11 heavy (non-hydrogen) atoms.